The van der Waals surface area contributed by atoms with E-state index in [0.29, 0.717) is 59.3 Å². The van der Waals surface area contributed by atoms with Crippen molar-refractivity contribution in [2.24, 2.45) is 5.41 Å². The summed E-state index contributed by atoms with van der Waals surface area (Å²) in [5, 5.41) is 0.378. The SMILES string of the molecule is COc1cc(CN(Cc2cn3c4c(c(N5CC6(CCN(C)CC6)C5)c(F)cc4c2=O)OC[C@@H]3C)[C@H]2CCCN(c3ccc(N)nc3)C2)ccn1. The maximum atomic E-state index is 16.2. The molecular formula is C38H47FN8O3. The average Bonchev–Trinajstić information content (AvgIpc) is 3.11. The van der Waals surface area contributed by atoms with E-state index in [1.165, 1.54) is 6.07 Å². The molecule has 12 heteroatoms. The fourth-order valence-electron chi connectivity index (χ4n) is 8.51. The molecule has 3 aromatic heterocycles. The summed E-state index contributed by atoms with van der Waals surface area (Å²) in [7, 11) is 3.78. The predicted molar refractivity (Wildman–Crippen MR) is 194 cm³/mol. The largest absolute Gasteiger partial charge is 0.487 e. The van der Waals surface area contributed by atoms with Gasteiger partial charge in [-0.2, -0.15) is 0 Å². The number of likely N-dealkylation sites (tertiary alicyclic amines) is 1. The van der Waals surface area contributed by atoms with Crippen molar-refractivity contribution < 1.29 is 13.9 Å². The van der Waals surface area contributed by atoms with Gasteiger partial charge in [-0.25, -0.2) is 14.4 Å². The zero-order valence-corrected chi connectivity index (χ0v) is 29.3. The fourth-order valence-corrected chi connectivity index (χ4v) is 8.51. The molecule has 8 rings (SSSR count). The number of halogens is 1. The Hall–Kier alpha value is -4.42. The molecule has 264 valence electrons. The van der Waals surface area contributed by atoms with E-state index in [4.69, 9.17) is 15.2 Å². The van der Waals surface area contributed by atoms with Crippen molar-refractivity contribution in [2.75, 3.05) is 75.6 Å². The molecule has 0 radical (unpaired) electrons. The van der Waals surface area contributed by atoms with Crippen molar-refractivity contribution >= 4 is 28.1 Å². The molecule has 2 atom stereocenters. The molecule has 3 saturated heterocycles. The molecule has 4 aromatic rings. The number of nitrogen functional groups attached to an aromatic ring is 1. The second-order valence-corrected chi connectivity index (χ2v) is 14.9. The molecule has 4 aliphatic heterocycles. The van der Waals surface area contributed by atoms with Crippen molar-refractivity contribution in [1.82, 2.24) is 24.3 Å². The zero-order valence-electron chi connectivity index (χ0n) is 29.3. The number of hydrogen-bond donors (Lipinski definition) is 1. The molecule has 3 fully saturated rings. The lowest BCUT2D eigenvalue weighted by Crippen LogP contribution is -2.60. The summed E-state index contributed by atoms with van der Waals surface area (Å²) >= 11 is 0. The van der Waals surface area contributed by atoms with Gasteiger partial charge in [-0.15, -0.1) is 0 Å². The molecule has 0 saturated carbocycles. The van der Waals surface area contributed by atoms with Crippen LogP contribution in [0, 0.1) is 11.2 Å². The quantitative estimate of drug-likeness (QED) is 0.282. The Morgan fingerprint density at radius 1 is 1.10 bits per heavy atom. The van der Waals surface area contributed by atoms with Crippen LogP contribution < -0.4 is 30.4 Å². The molecule has 2 N–H and O–H groups in total. The number of benzene rings is 1. The molecule has 1 spiro atoms. The minimum atomic E-state index is -0.383. The van der Waals surface area contributed by atoms with Crippen LogP contribution in [0.5, 0.6) is 11.6 Å². The standard InChI is InChI=1S/C38H47FN8O3/c1-25-22-50-37-34-30(16-31(39)35(37)46-23-38(24-46)9-13-43(2)14-10-38)36(48)27(20-47(25)34)19-45(18-26-8-11-41-33(15-26)49-3)29-5-4-12-44(21-29)28-6-7-32(40)42-17-28/h6-8,11,15-17,20,25,29H,4-5,9-10,12-14,18-19,21-24H2,1-3H3,(H2,40,42)/t25-,29-/m0/s1. The van der Waals surface area contributed by atoms with Gasteiger partial charge in [0.2, 0.25) is 5.88 Å². The van der Waals surface area contributed by atoms with Crippen molar-refractivity contribution in [1.29, 1.82) is 0 Å². The van der Waals surface area contributed by atoms with Crippen molar-refractivity contribution in [3.8, 4) is 11.6 Å². The number of anilines is 3. The second kappa shape index (κ2) is 13.0. The third-order valence-corrected chi connectivity index (χ3v) is 11.4. The van der Waals surface area contributed by atoms with Gasteiger partial charge in [0.05, 0.1) is 35.9 Å². The minimum absolute atomic E-state index is 0.0135. The Labute approximate surface area is 292 Å². The monoisotopic (exact) mass is 682 g/mol. The molecule has 50 heavy (non-hydrogen) atoms. The van der Waals surface area contributed by atoms with Crippen LogP contribution in [0.2, 0.25) is 0 Å². The summed E-state index contributed by atoms with van der Waals surface area (Å²) in [5.41, 5.74) is 9.88. The molecule has 0 bridgehead atoms. The maximum absolute atomic E-state index is 16.2. The average molecular weight is 683 g/mol. The number of piperidine rings is 2. The van der Waals surface area contributed by atoms with Crippen molar-refractivity contribution in [3.05, 3.63) is 76.1 Å². The number of nitrogens with zero attached hydrogens (tertiary/aromatic N) is 7. The summed E-state index contributed by atoms with van der Waals surface area (Å²) < 4.78 is 30.1. The van der Waals surface area contributed by atoms with Crippen LogP contribution in [0.15, 0.2) is 53.7 Å². The summed E-state index contributed by atoms with van der Waals surface area (Å²) in [5.74, 6) is 1.16. The Bertz CT molecular complexity index is 1940. The highest BCUT2D eigenvalue weighted by Crippen LogP contribution is 2.49. The molecular weight excluding hydrogens is 635 g/mol. The first-order valence-electron chi connectivity index (χ1n) is 17.9. The molecule has 0 aliphatic carbocycles. The first-order valence-corrected chi connectivity index (χ1v) is 17.9. The van der Waals surface area contributed by atoms with E-state index in [0.717, 1.165) is 76.2 Å². The summed E-state index contributed by atoms with van der Waals surface area (Å²) in [6.45, 7) is 8.98. The Morgan fingerprint density at radius 3 is 2.68 bits per heavy atom. The van der Waals surface area contributed by atoms with Gasteiger partial charge in [-0.05, 0) is 82.6 Å². The molecule has 11 nitrogen and oxygen atoms in total. The maximum Gasteiger partial charge on any atom is 0.213 e. The van der Waals surface area contributed by atoms with Crippen LogP contribution in [0.25, 0.3) is 10.9 Å². The number of nitrogens with two attached hydrogens (primary N) is 1. The van der Waals surface area contributed by atoms with Gasteiger partial charge >= 0.3 is 0 Å². The molecule has 1 aromatic carbocycles. The lowest BCUT2D eigenvalue weighted by Gasteiger charge is -2.55. The van der Waals surface area contributed by atoms with Crippen LogP contribution >= 0.6 is 0 Å². The fraction of sp³-hybridized carbons (Fsp3) is 0.500. The topological polar surface area (TPSA) is 105 Å². The molecule has 4 aliphatic rings. The number of methoxy groups -OCH3 is 1. The first kappa shape index (κ1) is 32.8. The van der Waals surface area contributed by atoms with Crippen LogP contribution in [0.1, 0.15) is 49.8 Å². The molecule has 0 amide bonds. The summed E-state index contributed by atoms with van der Waals surface area (Å²) in [6.07, 6.45) is 9.79. The Morgan fingerprint density at radius 2 is 1.92 bits per heavy atom. The van der Waals surface area contributed by atoms with Gasteiger partial charge in [-0.3, -0.25) is 9.69 Å². The van der Waals surface area contributed by atoms with E-state index in [9.17, 15) is 4.79 Å². The van der Waals surface area contributed by atoms with Crippen LogP contribution in [-0.2, 0) is 13.1 Å². The van der Waals surface area contributed by atoms with Crippen molar-refractivity contribution in [3.63, 3.8) is 0 Å². The van der Waals surface area contributed by atoms with E-state index in [-0.39, 0.29) is 28.7 Å². The number of pyridine rings is 3. The molecule has 7 heterocycles. The van der Waals surface area contributed by atoms with E-state index in [1.807, 2.05) is 36.7 Å². The third-order valence-electron chi connectivity index (χ3n) is 11.4. The summed E-state index contributed by atoms with van der Waals surface area (Å²) in [6, 6.07) is 9.38. The van der Waals surface area contributed by atoms with E-state index in [1.54, 1.807) is 13.3 Å². The van der Waals surface area contributed by atoms with Crippen LogP contribution in [-0.4, -0.2) is 90.4 Å². The van der Waals surface area contributed by atoms with Gasteiger partial charge in [-0.1, -0.05) is 0 Å². The Balaban J connectivity index is 1.14. The predicted octanol–water partition coefficient (Wildman–Crippen LogP) is 4.68. The van der Waals surface area contributed by atoms with Gasteiger partial charge in [0.25, 0.3) is 0 Å². The number of hydrogen-bond acceptors (Lipinski definition) is 10. The van der Waals surface area contributed by atoms with Crippen molar-refractivity contribution in [2.45, 2.75) is 57.8 Å². The number of ether oxygens (including phenoxy) is 2. The first-order chi connectivity index (χ1) is 24.2. The highest BCUT2D eigenvalue weighted by molar-refractivity contribution is 5.92. The lowest BCUT2D eigenvalue weighted by molar-refractivity contribution is 0.0894. The van der Waals surface area contributed by atoms with Gasteiger partial charge in [0, 0.05) is 74.7 Å². The molecule has 0 unspecified atom stereocenters. The zero-order chi connectivity index (χ0) is 34.6. The number of aromatic nitrogens is 3. The van der Waals surface area contributed by atoms with E-state index in [2.05, 4.69) is 48.1 Å². The number of rotatable bonds is 8. The second-order valence-electron chi connectivity index (χ2n) is 14.9. The normalized spacial score (nSPS) is 21.8. The smallest absolute Gasteiger partial charge is 0.213 e. The highest BCUT2D eigenvalue weighted by Gasteiger charge is 2.46. The summed E-state index contributed by atoms with van der Waals surface area (Å²) in [4.78, 5) is 32.3. The van der Waals surface area contributed by atoms with E-state index >= 15 is 4.39 Å². The third kappa shape index (κ3) is 6.02. The van der Waals surface area contributed by atoms with Gasteiger partial charge in [0.15, 0.2) is 17.0 Å². The minimum Gasteiger partial charge on any atom is -0.487 e. The highest BCUT2D eigenvalue weighted by atomic mass is 19.1. The van der Waals surface area contributed by atoms with Crippen LogP contribution in [0.4, 0.5) is 21.6 Å². The van der Waals surface area contributed by atoms with Gasteiger partial charge in [0.1, 0.15) is 18.1 Å². The lowest BCUT2D eigenvalue weighted by atomic mass is 9.72. The Kier molecular flexibility index (Phi) is 8.54. The van der Waals surface area contributed by atoms with Gasteiger partial charge < -0.3 is 34.5 Å². The van der Waals surface area contributed by atoms with E-state index < -0.39 is 0 Å². The van der Waals surface area contributed by atoms with Crippen LogP contribution in [0.3, 0.4) is 0 Å².